The maximum absolute atomic E-state index is 5.29. The molecule has 0 aliphatic rings. The highest BCUT2D eigenvalue weighted by atomic mass is 16.5. The summed E-state index contributed by atoms with van der Waals surface area (Å²) in [6, 6.07) is 6.04. The summed E-state index contributed by atoms with van der Waals surface area (Å²) >= 11 is 0. The summed E-state index contributed by atoms with van der Waals surface area (Å²) in [6.45, 7) is 3.95. The van der Waals surface area contributed by atoms with E-state index in [0.717, 1.165) is 28.3 Å². The summed E-state index contributed by atoms with van der Waals surface area (Å²) in [5.41, 5.74) is 3.93. The van der Waals surface area contributed by atoms with Crippen molar-refractivity contribution in [2.24, 2.45) is 0 Å². The molecule has 3 heteroatoms. The Morgan fingerprint density at radius 3 is 2.62 bits per heavy atom. The molecule has 0 N–H and O–H groups in total. The average Bonchev–Trinajstić information content (AvgIpc) is 2.29. The van der Waals surface area contributed by atoms with E-state index < -0.39 is 0 Å². The Balaban J connectivity index is 2.48. The first-order chi connectivity index (χ1) is 7.70. The molecular formula is C13H14N2O. The van der Waals surface area contributed by atoms with Crippen LogP contribution >= 0.6 is 0 Å². The molecule has 1 heterocycles. The molecule has 0 amide bonds. The number of aryl methyl sites for hydroxylation is 2. The lowest BCUT2D eigenvalue weighted by Gasteiger charge is -2.07. The SMILES string of the molecule is COc1cc(-c2cncc(C)n2)ccc1C. The van der Waals surface area contributed by atoms with Gasteiger partial charge in [-0.25, -0.2) is 4.98 Å². The van der Waals surface area contributed by atoms with Gasteiger partial charge in [-0.15, -0.1) is 0 Å². The maximum Gasteiger partial charge on any atom is 0.122 e. The third-order valence-corrected chi connectivity index (χ3v) is 2.46. The Morgan fingerprint density at radius 2 is 1.94 bits per heavy atom. The second-order valence-electron chi connectivity index (χ2n) is 3.73. The Kier molecular flexibility index (Phi) is 2.86. The van der Waals surface area contributed by atoms with Gasteiger partial charge in [0.05, 0.1) is 24.7 Å². The van der Waals surface area contributed by atoms with Crippen molar-refractivity contribution in [2.45, 2.75) is 13.8 Å². The average molecular weight is 214 g/mol. The number of rotatable bonds is 2. The van der Waals surface area contributed by atoms with E-state index >= 15 is 0 Å². The van der Waals surface area contributed by atoms with Crippen molar-refractivity contribution in [1.82, 2.24) is 9.97 Å². The fourth-order valence-corrected chi connectivity index (χ4v) is 1.58. The maximum atomic E-state index is 5.29. The highest BCUT2D eigenvalue weighted by Gasteiger charge is 2.04. The molecule has 0 aliphatic carbocycles. The minimum absolute atomic E-state index is 0.873. The van der Waals surface area contributed by atoms with Crippen LogP contribution in [0.25, 0.3) is 11.3 Å². The summed E-state index contributed by atoms with van der Waals surface area (Å²) in [5, 5.41) is 0. The van der Waals surface area contributed by atoms with Gasteiger partial charge in [0, 0.05) is 11.8 Å². The van der Waals surface area contributed by atoms with E-state index in [1.165, 1.54) is 0 Å². The van der Waals surface area contributed by atoms with E-state index in [2.05, 4.69) is 9.97 Å². The Bertz CT molecular complexity index is 509. The van der Waals surface area contributed by atoms with Crippen LogP contribution in [0.3, 0.4) is 0 Å². The molecule has 2 rings (SSSR count). The van der Waals surface area contributed by atoms with Crippen LogP contribution in [0.15, 0.2) is 30.6 Å². The fourth-order valence-electron chi connectivity index (χ4n) is 1.58. The molecule has 0 fully saturated rings. The third kappa shape index (κ3) is 2.03. The summed E-state index contributed by atoms with van der Waals surface area (Å²) in [6.07, 6.45) is 3.51. The molecular weight excluding hydrogens is 200 g/mol. The normalized spacial score (nSPS) is 10.2. The van der Waals surface area contributed by atoms with Crippen LogP contribution in [-0.2, 0) is 0 Å². The standard InChI is InChI=1S/C13H14N2O/c1-9-4-5-11(6-13(9)16-3)12-8-14-7-10(2)15-12/h4-8H,1-3H3. The van der Waals surface area contributed by atoms with Gasteiger partial charge in [-0.1, -0.05) is 12.1 Å². The van der Waals surface area contributed by atoms with E-state index in [1.807, 2.05) is 32.0 Å². The largest absolute Gasteiger partial charge is 0.496 e. The van der Waals surface area contributed by atoms with E-state index in [0.29, 0.717) is 0 Å². The first-order valence-electron chi connectivity index (χ1n) is 5.14. The van der Waals surface area contributed by atoms with Crippen LogP contribution in [0, 0.1) is 13.8 Å². The monoisotopic (exact) mass is 214 g/mol. The first-order valence-corrected chi connectivity index (χ1v) is 5.14. The smallest absolute Gasteiger partial charge is 0.122 e. The highest BCUT2D eigenvalue weighted by Crippen LogP contribution is 2.25. The van der Waals surface area contributed by atoms with Crippen LogP contribution < -0.4 is 4.74 Å². The molecule has 0 unspecified atom stereocenters. The Labute approximate surface area is 95.1 Å². The van der Waals surface area contributed by atoms with Crippen molar-refractivity contribution < 1.29 is 4.74 Å². The number of nitrogens with zero attached hydrogens (tertiary/aromatic N) is 2. The number of methoxy groups -OCH3 is 1. The Hall–Kier alpha value is -1.90. The molecule has 0 saturated heterocycles. The zero-order valence-corrected chi connectivity index (χ0v) is 9.69. The van der Waals surface area contributed by atoms with Crippen LogP contribution in [0.1, 0.15) is 11.3 Å². The molecule has 2 aromatic rings. The van der Waals surface area contributed by atoms with Gasteiger partial charge in [0.25, 0.3) is 0 Å². The van der Waals surface area contributed by atoms with Crippen molar-refractivity contribution in [2.75, 3.05) is 7.11 Å². The predicted molar refractivity (Wildman–Crippen MR) is 63.5 cm³/mol. The molecule has 3 nitrogen and oxygen atoms in total. The first kappa shape index (κ1) is 10.6. The topological polar surface area (TPSA) is 35.0 Å². The van der Waals surface area contributed by atoms with Crippen molar-refractivity contribution >= 4 is 0 Å². The highest BCUT2D eigenvalue weighted by molar-refractivity contribution is 5.61. The molecule has 1 aromatic carbocycles. The zero-order valence-electron chi connectivity index (χ0n) is 9.69. The molecule has 0 radical (unpaired) electrons. The second-order valence-corrected chi connectivity index (χ2v) is 3.73. The van der Waals surface area contributed by atoms with E-state index in [9.17, 15) is 0 Å². The molecule has 16 heavy (non-hydrogen) atoms. The van der Waals surface area contributed by atoms with Gasteiger partial charge in [0.2, 0.25) is 0 Å². The van der Waals surface area contributed by atoms with Crippen molar-refractivity contribution in [3.05, 3.63) is 41.9 Å². The van der Waals surface area contributed by atoms with Crippen molar-refractivity contribution in [3.8, 4) is 17.0 Å². The molecule has 0 atom stereocenters. The lowest BCUT2D eigenvalue weighted by molar-refractivity contribution is 0.412. The van der Waals surface area contributed by atoms with Gasteiger partial charge >= 0.3 is 0 Å². The van der Waals surface area contributed by atoms with E-state index in [-0.39, 0.29) is 0 Å². The number of hydrogen-bond donors (Lipinski definition) is 0. The minimum Gasteiger partial charge on any atom is -0.496 e. The summed E-state index contributed by atoms with van der Waals surface area (Å²) in [5.74, 6) is 0.876. The van der Waals surface area contributed by atoms with Gasteiger partial charge < -0.3 is 4.74 Å². The van der Waals surface area contributed by atoms with E-state index in [1.54, 1.807) is 19.5 Å². The molecule has 0 bridgehead atoms. The molecule has 0 saturated carbocycles. The number of aromatic nitrogens is 2. The van der Waals surface area contributed by atoms with E-state index in [4.69, 9.17) is 4.74 Å². The third-order valence-electron chi connectivity index (χ3n) is 2.46. The number of hydrogen-bond acceptors (Lipinski definition) is 3. The van der Waals surface area contributed by atoms with Crippen LogP contribution in [-0.4, -0.2) is 17.1 Å². The summed E-state index contributed by atoms with van der Waals surface area (Å²) in [4.78, 5) is 8.57. The molecule has 0 spiro atoms. The van der Waals surface area contributed by atoms with Gasteiger partial charge in [-0.05, 0) is 25.5 Å². The van der Waals surface area contributed by atoms with Gasteiger partial charge in [0.1, 0.15) is 5.75 Å². The van der Waals surface area contributed by atoms with Gasteiger partial charge in [0.15, 0.2) is 0 Å². The quantitative estimate of drug-likeness (QED) is 0.771. The zero-order chi connectivity index (χ0) is 11.5. The summed E-state index contributed by atoms with van der Waals surface area (Å²) < 4.78 is 5.29. The van der Waals surface area contributed by atoms with Crippen LogP contribution in [0.4, 0.5) is 0 Å². The molecule has 82 valence electrons. The number of ether oxygens (including phenoxy) is 1. The van der Waals surface area contributed by atoms with Crippen LogP contribution in [0.5, 0.6) is 5.75 Å². The van der Waals surface area contributed by atoms with Crippen molar-refractivity contribution in [3.63, 3.8) is 0 Å². The fraction of sp³-hybridized carbons (Fsp3) is 0.231. The number of benzene rings is 1. The van der Waals surface area contributed by atoms with Gasteiger partial charge in [-0.2, -0.15) is 0 Å². The van der Waals surface area contributed by atoms with Gasteiger partial charge in [-0.3, -0.25) is 4.98 Å². The lowest BCUT2D eigenvalue weighted by Crippen LogP contribution is -1.91. The Morgan fingerprint density at radius 1 is 1.12 bits per heavy atom. The second kappa shape index (κ2) is 4.31. The summed E-state index contributed by atoms with van der Waals surface area (Å²) in [7, 11) is 1.67. The molecule has 0 aliphatic heterocycles. The molecule has 1 aromatic heterocycles. The lowest BCUT2D eigenvalue weighted by atomic mass is 10.1. The predicted octanol–water partition coefficient (Wildman–Crippen LogP) is 2.77. The van der Waals surface area contributed by atoms with Crippen molar-refractivity contribution in [1.29, 1.82) is 0 Å². The minimum atomic E-state index is 0.873. The van der Waals surface area contributed by atoms with Crippen LogP contribution in [0.2, 0.25) is 0 Å².